The molecule has 85 heavy (non-hydrogen) atoms. The van der Waals surface area contributed by atoms with Crippen LogP contribution in [0.25, 0.3) is 0 Å². The second-order valence-electron chi connectivity index (χ2n) is 19.4. The summed E-state index contributed by atoms with van der Waals surface area (Å²) >= 11 is 0. The summed E-state index contributed by atoms with van der Waals surface area (Å²) in [6.07, 6.45) is 5.34. The molecule has 18 N–H and O–H groups in total. The smallest absolute Gasteiger partial charge is 0.341 e. The molecular weight excluding hydrogens is 1110 g/mol. The number of ether oxygens (including phenoxy) is 6. The molecule has 0 radical (unpaired) electrons. The van der Waals surface area contributed by atoms with Crippen LogP contribution in [0.1, 0.15) is 125 Å². The zero-order chi connectivity index (χ0) is 62.4. The van der Waals surface area contributed by atoms with E-state index in [0.29, 0.717) is 64.5 Å². The first-order valence-corrected chi connectivity index (χ1v) is 27.7. The van der Waals surface area contributed by atoms with Crippen LogP contribution >= 0.6 is 0 Å². The average molecular weight is 1190 g/mol. The number of aliphatic carboxylic acids is 1. The maximum atomic E-state index is 14.2. The van der Waals surface area contributed by atoms with Crippen LogP contribution in [0.5, 0.6) is 34.5 Å². The van der Waals surface area contributed by atoms with E-state index in [4.69, 9.17) is 62.8 Å². The fraction of sp³-hybridized carbons (Fsp3) is 0.431. The second-order valence-corrected chi connectivity index (χ2v) is 19.4. The Morgan fingerprint density at radius 2 is 0.835 bits per heavy atom. The predicted octanol–water partition coefficient (Wildman–Crippen LogP) is 2.59. The van der Waals surface area contributed by atoms with Gasteiger partial charge in [-0.2, -0.15) is 0 Å². The summed E-state index contributed by atoms with van der Waals surface area (Å²) in [5, 5.41) is 22.9. The molecule has 4 atom stereocenters. The molecule has 462 valence electrons. The highest BCUT2D eigenvalue weighted by molar-refractivity contribution is 6.06. The summed E-state index contributed by atoms with van der Waals surface area (Å²) in [4.78, 5) is 121. The number of nitrogens with one attached hydrogen (secondary N) is 5. The second kappa shape index (κ2) is 36.0. The van der Waals surface area contributed by atoms with Crippen molar-refractivity contribution in [2.45, 2.75) is 108 Å². The first-order chi connectivity index (χ1) is 40.8. The maximum Gasteiger partial charge on any atom is 0.341 e. The van der Waals surface area contributed by atoms with Crippen LogP contribution in [-0.4, -0.2) is 137 Å². The molecule has 27 heteroatoms. The molecule has 0 aliphatic heterocycles. The Bertz CT molecular complexity index is 2940. The van der Waals surface area contributed by atoms with E-state index in [1.165, 1.54) is 88.1 Å². The number of methoxy groups -OCH3 is 3. The van der Waals surface area contributed by atoms with Gasteiger partial charge in [0.2, 0.25) is 11.8 Å². The molecule has 6 amide bonds. The Morgan fingerprint density at radius 3 is 1.29 bits per heavy atom. The summed E-state index contributed by atoms with van der Waals surface area (Å²) in [6.45, 7) is 0.505. The number of rotatable bonds is 38. The van der Waals surface area contributed by atoms with Crippen LogP contribution in [0.4, 0.5) is 11.4 Å². The van der Waals surface area contributed by atoms with Gasteiger partial charge in [-0.15, -0.1) is 0 Å². The zero-order valence-corrected chi connectivity index (χ0v) is 48.0. The molecule has 4 aromatic rings. The van der Waals surface area contributed by atoms with E-state index in [2.05, 4.69) is 26.6 Å². The van der Waals surface area contributed by atoms with Crippen LogP contribution in [0.3, 0.4) is 0 Å². The number of hydrogen-bond donors (Lipinski definition) is 12. The standard InChI is InChI=1S/C58H79N11O16/c1-80-46-21-17-34(29-38(46)51(64)72)65-55(76)43(14-6-10-26-60)67-52(73)39-30-35(18-22-47(39)81-2)66-56(77)44(15-7-11-27-61)68-53(74)40-31-37(19-23-48(40)82-3)85-58(79)45(16-8-12-28-62)69-54(75)41-32-36(20-24-49(41)83-33-50(70)71)84-57(78)42(63)13-5-4-9-25-59/h17-24,29-32,42-45H,4-16,25-28,33,59-63H2,1-3H3,(H2,64,72)(H,65,76)(H,66,77)(H,67,73)(H,68,74)(H,69,75)(H,70,71)/t42-,43-,44-,45-/m0/s1. The first kappa shape index (κ1) is 68.6. The highest BCUT2D eigenvalue weighted by atomic mass is 16.5. The minimum Gasteiger partial charge on any atom is -0.496 e. The lowest BCUT2D eigenvalue weighted by Gasteiger charge is -2.21. The van der Waals surface area contributed by atoms with Crippen LogP contribution < -0.4 is 89.4 Å². The maximum absolute atomic E-state index is 14.2. The quantitative estimate of drug-likeness (QED) is 0.0174. The van der Waals surface area contributed by atoms with E-state index in [0.717, 1.165) is 18.9 Å². The van der Waals surface area contributed by atoms with Crippen molar-refractivity contribution in [2.24, 2.45) is 34.4 Å². The van der Waals surface area contributed by atoms with Gasteiger partial charge in [-0.3, -0.25) is 28.8 Å². The highest BCUT2D eigenvalue weighted by Crippen LogP contribution is 2.29. The molecule has 4 aromatic carbocycles. The predicted molar refractivity (Wildman–Crippen MR) is 314 cm³/mol. The van der Waals surface area contributed by atoms with E-state index in [1.54, 1.807) is 0 Å². The van der Waals surface area contributed by atoms with Crippen LogP contribution in [-0.2, 0) is 24.0 Å². The lowest BCUT2D eigenvalue weighted by molar-refractivity contribution is -0.139. The largest absolute Gasteiger partial charge is 0.496 e. The third-order valence-corrected chi connectivity index (χ3v) is 13.0. The van der Waals surface area contributed by atoms with Gasteiger partial charge in [0.15, 0.2) is 6.61 Å². The van der Waals surface area contributed by atoms with Crippen molar-refractivity contribution in [3.63, 3.8) is 0 Å². The third-order valence-electron chi connectivity index (χ3n) is 13.0. The molecule has 27 nitrogen and oxygen atoms in total. The number of carboxylic acids is 1. The number of carbonyl (C=O) groups is 9. The number of amides is 6. The number of unbranched alkanes of at least 4 members (excludes halogenated alkanes) is 5. The van der Waals surface area contributed by atoms with Crippen molar-refractivity contribution < 1.29 is 76.7 Å². The Labute approximate surface area is 492 Å². The number of anilines is 2. The van der Waals surface area contributed by atoms with Crippen molar-refractivity contribution in [2.75, 3.05) is 64.7 Å². The summed E-state index contributed by atoms with van der Waals surface area (Å²) in [5.41, 5.74) is 34.2. The van der Waals surface area contributed by atoms with Crippen molar-refractivity contribution in [1.29, 1.82) is 0 Å². The number of benzene rings is 4. The average Bonchev–Trinajstić information content (AvgIpc) is 3.54. The number of hydrogen-bond acceptors (Lipinski definition) is 20. The van der Waals surface area contributed by atoms with Gasteiger partial charge in [0.25, 0.3) is 23.6 Å². The van der Waals surface area contributed by atoms with E-state index < -0.39 is 84.1 Å². The van der Waals surface area contributed by atoms with E-state index in [1.807, 2.05) is 0 Å². The molecule has 0 saturated carbocycles. The van der Waals surface area contributed by atoms with Gasteiger partial charge in [-0.05, 0) is 170 Å². The van der Waals surface area contributed by atoms with Gasteiger partial charge < -0.3 is 94.5 Å². The fourth-order valence-corrected chi connectivity index (χ4v) is 8.50. The first-order valence-electron chi connectivity index (χ1n) is 27.7. The van der Waals surface area contributed by atoms with Crippen molar-refractivity contribution in [3.05, 3.63) is 95.1 Å². The number of esters is 2. The Balaban J connectivity index is 1.57. The number of primary amides is 1. The summed E-state index contributed by atoms with van der Waals surface area (Å²) in [5.74, 6) is -7.92. The van der Waals surface area contributed by atoms with Crippen molar-refractivity contribution in [3.8, 4) is 34.5 Å². The van der Waals surface area contributed by atoms with Gasteiger partial charge in [-0.1, -0.05) is 12.8 Å². The van der Waals surface area contributed by atoms with Gasteiger partial charge >= 0.3 is 17.9 Å². The number of carbonyl (C=O) groups excluding carboxylic acids is 8. The molecule has 0 aliphatic carbocycles. The number of nitrogens with two attached hydrogens (primary N) is 6. The van der Waals surface area contributed by atoms with Gasteiger partial charge in [0, 0.05) is 11.4 Å². The molecule has 0 bridgehead atoms. The topological polar surface area (TPSA) is 446 Å². The lowest BCUT2D eigenvalue weighted by Crippen LogP contribution is -2.44. The Hall–Kier alpha value is -8.89. The van der Waals surface area contributed by atoms with Gasteiger partial charge in [0.05, 0.1) is 43.6 Å². The molecule has 4 rings (SSSR count). The van der Waals surface area contributed by atoms with Crippen molar-refractivity contribution in [1.82, 2.24) is 16.0 Å². The summed E-state index contributed by atoms with van der Waals surface area (Å²) < 4.78 is 32.8. The lowest BCUT2D eigenvalue weighted by atomic mass is 10.1. The van der Waals surface area contributed by atoms with Gasteiger partial charge in [0.1, 0.15) is 58.7 Å². The SMILES string of the molecule is COc1ccc(NC(=O)[C@H](CCCCN)NC(=O)c2cc(NC(=O)[C@H](CCCCN)NC(=O)c3cc(OC(=O)[C@H](CCCCN)NC(=O)c4cc(OC(=O)[C@@H](N)CCCCCN)ccc4OCC(=O)O)ccc3OC)ccc2OC)cc1C(N)=O. The molecular formula is C58H79N11O16. The third kappa shape index (κ3) is 22.0. The normalized spacial score (nSPS) is 12.2. The fourth-order valence-electron chi connectivity index (χ4n) is 8.50. The molecule has 0 unspecified atom stereocenters. The Morgan fingerprint density at radius 1 is 0.459 bits per heavy atom. The minimum atomic E-state index is -1.37. The molecule has 0 fully saturated rings. The van der Waals surface area contributed by atoms with Crippen LogP contribution in [0.15, 0.2) is 72.8 Å². The molecule has 0 aromatic heterocycles. The highest BCUT2D eigenvalue weighted by Gasteiger charge is 2.30. The van der Waals surface area contributed by atoms with Gasteiger partial charge in [-0.25, -0.2) is 14.4 Å². The summed E-state index contributed by atoms with van der Waals surface area (Å²) in [7, 11) is 3.99. The van der Waals surface area contributed by atoms with E-state index in [9.17, 15) is 48.3 Å². The zero-order valence-electron chi connectivity index (χ0n) is 48.0. The van der Waals surface area contributed by atoms with Crippen LogP contribution in [0, 0.1) is 0 Å². The van der Waals surface area contributed by atoms with E-state index >= 15 is 0 Å². The molecule has 0 aliphatic rings. The van der Waals surface area contributed by atoms with E-state index in [-0.39, 0.29) is 100 Å². The monoisotopic (exact) mass is 1190 g/mol. The molecule has 0 saturated heterocycles. The Kier molecular flexibility index (Phi) is 29.0. The number of carboxylic acid groups (broad SMARTS) is 1. The van der Waals surface area contributed by atoms with Crippen molar-refractivity contribution >= 4 is 64.7 Å². The van der Waals surface area contributed by atoms with Crippen LogP contribution in [0.2, 0.25) is 0 Å². The molecule has 0 spiro atoms. The molecule has 0 heterocycles. The minimum absolute atomic E-state index is 0.00391. The summed E-state index contributed by atoms with van der Waals surface area (Å²) in [6, 6.07) is 11.4.